The lowest BCUT2D eigenvalue weighted by molar-refractivity contribution is -0.149. The minimum absolute atomic E-state index is 0.165. The fourth-order valence-corrected chi connectivity index (χ4v) is 3.54. The molecule has 0 N–H and O–H groups in total. The minimum atomic E-state index is -0.363. The van der Waals surface area contributed by atoms with Crippen molar-refractivity contribution in [2.75, 3.05) is 0 Å². The van der Waals surface area contributed by atoms with E-state index in [1.807, 2.05) is 58.0 Å². The molecule has 0 aliphatic carbocycles. The van der Waals surface area contributed by atoms with Gasteiger partial charge in [-0.25, -0.2) is 4.79 Å². The number of halogens is 1. The van der Waals surface area contributed by atoms with Gasteiger partial charge in [-0.05, 0) is 33.3 Å². The fraction of sp³-hybridized carbons (Fsp3) is 0.579. The smallest absolute Gasteiger partial charge is 0.410 e. The highest BCUT2D eigenvalue weighted by molar-refractivity contribution is 14.1. The quantitative estimate of drug-likeness (QED) is 0.358. The van der Waals surface area contributed by atoms with E-state index in [1.165, 1.54) is 0 Å². The third-order valence-electron chi connectivity index (χ3n) is 4.34. The lowest BCUT2D eigenvalue weighted by Crippen LogP contribution is -2.52. The van der Waals surface area contributed by atoms with Crippen LogP contribution in [0.25, 0.3) is 0 Å². The molecule has 0 unspecified atom stereocenters. The summed E-state index contributed by atoms with van der Waals surface area (Å²) in [6.07, 6.45) is 0.0924. The number of esters is 1. The molecular weight excluding hydrogens is 433 g/mol. The Morgan fingerprint density at radius 1 is 1.28 bits per heavy atom. The van der Waals surface area contributed by atoms with E-state index >= 15 is 0 Å². The predicted octanol–water partition coefficient (Wildman–Crippen LogP) is 4.49. The van der Waals surface area contributed by atoms with Crippen LogP contribution in [0, 0.1) is 0 Å². The number of carbonyl (C=O) groups is 2. The van der Waals surface area contributed by atoms with Crippen molar-refractivity contribution in [3.05, 3.63) is 35.9 Å². The molecule has 1 aromatic rings. The van der Waals surface area contributed by atoms with Gasteiger partial charge in [0, 0.05) is 16.4 Å². The number of amides is 1. The Labute approximate surface area is 163 Å². The van der Waals surface area contributed by atoms with Gasteiger partial charge in [0.2, 0.25) is 0 Å². The number of ether oxygens (including phenoxy) is 2. The highest BCUT2D eigenvalue weighted by atomic mass is 127. The van der Waals surface area contributed by atoms with Gasteiger partial charge < -0.3 is 9.47 Å². The molecule has 6 heteroatoms. The van der Waals surface area contributed by atoms with Gasteiger partial charge >= 0.3 is 12.1 Å². The molecule has 0 saturated carbocycles. The summed E-state index contributed by atoms with van der Waals surface area (Å²) in [5.41, 5.74) is 1.02. The molecule has 4 atom stereocenters. The maximum absolute atomic E-state index is 12.7. The Kier molecular flexibility index (Phi) is 7.10. The molecule has 138 valence electrons. The molecule has 5 nitrogen and oxygen atoms in total. The molecule has 0 spiro atoms. The molecule has 1 aliphatic rings. The van der Waals surface area contributed by atoms with Crippen LogP contribution in [0.4, 0.5) is 4.79 Å². The molecule has 0 radical (unpaired) electrons. The first-order valence-electron chi connectivity index (χ1n) is 8.67. The molecule has 1 saturated heterocycles. The summed E-state index contributed by atoms with van der Waals surface area (Å²) in [5, 5.41) is 0. The van der Waals surface area contributed by atoms with Gasteiger partial charge in [0.05, 0.1) is 18.6 Å². The van der Waals surface area contributed by atoms with Gasteiger partial charge in [-0.2, -0.15) is 0 Å². The summed E-state index contributed by atoms with van der Waals surface area (Å²) in [6.45, 7) is 7.63. The summed E-state index contributed by atoms with van der Waals surface area (Å²) >= 11 is 2.26. The maximum Gasteiger partial charge on any atom is 0.410 e. The van der Waals surface area contributed by atoms with Gasteiger partial charge in [-0.15, -0.1) is 0 Å². The molecule has 0 bridgehead atoms. The van der Waals surface area contributed by atoms with Crippen molar-refractivity contribution >= 4 is 34.7 Å². The highest BCUT2D eigenvalue weighted by Gasteiger charge is 2.41. The number of cyclic esters (lactones) is 1. The first-order chi connectivity index (χ1) is 11.8. The van der Waals surface area contributed by atoms with Crippen molar-refractivity contribution in [3.63, 3.8) is 0 Å². The van der Waals surface area contributed by atoms with Crippen LogP contribution in [0.5, 0.6) is 0 Å². The zero-order valence-electron chi connectivity index (χ0n) is 15.1. The van der Waals surface area contributed by atoms with Crippen LogP contribution in [0.2, 0.25) is 0 Å². The summed E-state index contributed by atoms with van der Waals surface area (Å²) in [6, 6.07) is 9.39. The summed E-state index contributed by atoms with van der Waals surface area (Å²) in [5.74, 6) is -0.278. The second kappa shape index (κ2) is 8.87. The Hall–Kier alpha value is -1.31. The van der Waals surface area contributed by atoms with Crippen LogP contribution in [0.1, 0.15) is 52.1 Å². The lowest BCUT2D eigenvalue weighted by atomic mass is 9.97. The van der Waals surface area contributed by atoms with E-state index in [2.05, 4.69) is 22.6 Å². The van der Waals surface area contributed by atoms with Crippen LogP contribution in [-0.4, -0.2) is 39.1 Å². The second-order valence-electron chi connectivity index (χ2n) is 6.73. The number of carbonyl (C=O) groups excluding carboxylic acids is 2. The monoisotopic (exact) mass is 459 g/mol. The molecule has 1 heterocycles. The number of benzene rings is 1. The van der Waals surface area contributed by atoms with Gasteiger partial charge in [0.1, 0.15) is 6.10 Å². The third kappa shape index (κ3) is 5.33. The lowest BCUT2D eigenvalue weighted by Gasteiger charge is -2.42. The molecule has 1 amide bonds. The standard InChI is InChI=1S/C19H26INO4/c1-12(2)24-18(22)11-16-10-17(13(3)20)25-19(23)21(16)14(4)15-8-6-5-7-9-15/h5-9,12-14,16-17H,10-11H2,1-4H3/t13-,14-,16-,17+/m1/s1. The number of hydrogen-bond acceptors (Lipinski definition) is 4. The Bertz CT molecular complexity index is 590. The topological polar surface area (TPSA) is 55.8 Å². The van der Waals surface area contributed by atoms with E-state index in [0.29, 0.717) is 6.42 Å². The molecule has 1 aliphatic heterocycles. The normalized spacial score (nSPS) is 23.1. The number of alkyl halides is 1. The molecular formula is C19H26INO4. The van der Waals surface area contributed by atoms with E-state index in [4.69, 9.17) is 9.47 Å². The first-order valence-corrected chi connectivity index (χ1v) is 9.91. The van der Waals surface area contributed by atoms with Crippen molar-refractivity contribution < 1.29 is 19.1 Å². The second-order valence-corrected chi connectivity index (χ2v) is 8.69. The summed E-state index contributed by atoms with van der Waals surface area (Å²) in [4.78, 5) is 26.6. The molecule has 0 aromatic heterocycles. The number of nitrogens with zero attached hydrogens (tertiary/aromatic N) is 1. The van der Waals surface area contributed by atoms with E-state index < -0.39 is 0 Å². The Morgan fingerprint density at radius 2 is 1.92 bits per heavy atom. The molecule has 2 rings (SSSR count). The van der Waals surface area contributed by atoms with Crippen molar-refractivity contribution in [1.82, 2.24) is 4.90 Å². The largest absolute Gasteiger partial charge is 0.463 e. The van der Waals surface area contributed by atoms with E-state index in [9.17, 15) is 9.59 Å². The van der Waals surface area contributed by atoms with Crippen LogP contribution < -0.4 is 0 Å². The van der Waals surface area contributed by atoms with Crippen molar-refractivity contribution in [1.29, 1.82) is 0 Å². The van der Waals surface area contributed by atoms with Crippen molar-refractivity contribution in [2.24, 2.45) is 0 Å². The van der Waals surface area contributed by atoms with E-state index in [-0.39, 0.29) is 46.7 Å². The average Bonchev–Trinajstić information content (AvgIpc) is 2.53. The number of rotatable bonds is 6. The average molecular weight is 459 g/mol. The van der Waals surface area contributed by atoms with Crippen molar-refractivity contribution in [2.45, 2.75) is 68.8 Å². The predicted molar refractivity (Wildman–Crippen MR) is 105 cm³/mol. The Balaban J connectivity index is 2.23. The van der Waals surface area contributed by atoms with Crippen LogP contribution in [0.3, 0.4) is 0 Å². The van der Waals surface area contributed by atoms with Gasteiger partial charge in [-0.3, -0.25) is 9.69 Å². The van der Waals surface area contributed by atoms with Crippen LogP contribution in [-0.2, 0) is 14.3 Å². The van der Waals surface area contributed by atoms with E-state index in [0.717, 1.165) is 5.56 Å². The van der Waals surface area contributed by atoms with Gasteiger partial charge in [0.15, 0.2) is 0 Å². The SMILES string of the molecule is CC(C)OC(=O)C[C@H]1C[C@@H]([C@@H](C)I)OC(=O)N1[C@H](C)c1ccccc1. The van der Waals surface area contributed by atoms with Crippen molar-refractivity contribution in [3.8, 4) is 0 Å². The maximum atomic E-state index is 12.7. The number of hydrogen-bond donors (Lipinski definition) is 0. The third-order valence-corrected chi connectivity index (χ3v) is 5.14. The van der Waals surface area contributed by atoms with Crippen LogP contribution >= 0.6 is 22.6 Å². The van der Waals surface area contributed by atoms with Crippen LogP contribution in [0.15, 0.2) is 30.3 Å². The molecule has 1 aromatic carbocycles. The Morgan fingerprint density at radius 3 is 2.48 bits per heavy atom. The minimum Gasteiger partial charge on any atom is -0.463 e. The zero-order valence-corrected chi connectivity index (χ0v) is 17.3. The summed E-state index contributed by atoms with van der Waals surface area (Å²) < 4.78 is 11.1. The first kappa shape index (κ1) is 20.0. The molecule has 25 heavy (non-hydrogen) atoms. The fourth-order valence-electron chi connectivity index (χ4n) is 3.10. The molecule has 1 fully saturated rings. The van der Waals surface area contributed by atoms with E-state index in [1.54, 1.807) is 4.90 Å². The summed E-state index contributed by atoms with van der Waals surface area (Å²) in [7, 11) is 0. The van der Waals surface area contributed by atoms with Gasteiger partial charge in [0.25, 0.3) is 0 Å². The zero-order chi connectivity index (χ0) is 18.6. The van der Waals surface area contributed by atoms with Gasteiger partial charge in [-0.1, -0.05) is 52.9 Å². The highest BCUT2D eigenvalue weighted by Crippen LogP contribution is 2.33.